The van der Waals surface area contributed by atoms with Crippen molar-refractivity contribution in [2.24, 2.45) is 0 Å². The Morgan fingerprint density at radius 2 is 2.33 bits per heavy atom. The van der Waals surface area contributed by atoms with Crippen molar-refractivity contribution in [3.63, 3.8) is 0 Å². The summed E-state index contributed by atoms with van der Waals surface area (Å²) >= 11 is 0. The summed E-state index contributed by atoms with van der Waals surface area (Å²) < 4.78 is 5.17. The van der Waals surface area contributed by atoms with Crippen LogP contribution in [0, 0.1) is 0 Å². The average molecular weight is 251 g/mol. The van der Waals surface area contributed by atoms with Gasteiger partial charge in [-0.3, -0.25) is 9.59 Å². The molecule has 1 aliphatic rings. The summed E-state index contributed by atoms with van der Waals surface area (Å²) in [6.07, 6.45) is 1.38. The second-order valence-corrected chi connectivity index (χ2v) is 5.46. The standard InChI is InChI=1S/C12H17N3O3/c1-12(2,3)9-6-10(14-18-9)13-11(17)8-4-5-15(8)7-16/h6-8H,4-5H2,1-3H3,(H,13,14,17). The zero-order chi connectivity index (χ0) is 13.3. The van der Waals surface area contributed by atoms with Gasteiger partial charge < -0.3 is 14.7 Å². The Morgan fingerprint density at radius 3 is 2.78 bits per heavy atom. The Hall–Kier alpha value is -1.85. The highest BCUT2D eigenvalue weighted by atomic mass is 16.5. The van der Waals surface area contributed by atoms with Crippen LogP contribution in [-0.4, -0.2) is 35.0 Å². The number of aromatic nitrogens is 1. The predicted molar refractivity (Wildman–Crippen MR) is 65.0 cm³/mol. The lowest BCUT2D eigenvalue weighted by molar-refractivity contribution is -0.135. The molecule has 2 heterocycles. The fourth-order valence-electron chi connectivity index (χ4n) is 1.71. The van der Waals surface area contributed by atoms with E-state index in [0.29, 0.717) is 31.0 Å². The minimum Gasteiger partial charge on any atom is -0.359 e. The number of carbonyl (C=O) groups is 2. The van der Waals surface area contributed by atoms with Gasteiger partial charge >= 0.3 is 0 Å². The molecule has 0 spiro atoms. The molecule has 0 radical (unpaired) electrons. The molecule has 1 atom stereocenters. The molecule has 1 aromatic heterocycles. The summed E-state index contributed by atoms with van der Waals surface area (Å²) in [6.45, 7) is 6.63. The van der Waals surface area contributed by atoms with E-state index < -0.39 is 0 Å². The Morgan fingerprint density at radius 1 is 1.61 bits per heavy atom. The van der Waals surface area contributed by atoms with Crippen LogP contribution in [-0.2, 0) is 15.0 Å². The number of hydrogen-bond donors (Lipinski definition) is 1. The Balaban J connectivity index is 1.99. The monoisotopic (exact) mass is 251 g/mol. The lowest BCUT2D eigenvalue weighted by Gasteiger charge is -2.36. The molecule has 6 nitrogen and oxygen atoms in total. The Bertz CT molecular complexity index is 461. The number of nitrogens with zero attached hydrogens (tertiary/aromatic N) is 2. The van der Waals surface area contributed by atoms with Crippen LogP contribution in [0.2, 0.25) is 0 Å². The van der Waals surface area contributed by atoms with Crippen molar-refractivity contribution < 1.29 is 14.1 Å². The van der Waals surface area contributed by atoms with Crippen molar-refractivity contribution in [2.45, 2.75) is 38.6 Å². The van der Waals surface area contributed by atoms with Crippen LogP contribution in [0.4, 0.5) is 5.82 Å². The Labute approximate surface area is 105 Å². The van der Waals surface area contributed by atoms with E-state index in [2.05, 4.69) is 10.5 Å². The lowest BCUT2D eigenvalue weighted by atomic mass is 9.93. The number of nitrogens with one attached hydrogen (secondary N) is 1. The van der Waals surface area contributed by atoms with E-state index >= 15 is 0 Å². The van der Waals surface area contributed by atoms with Gasteiger partial charge in [0.05, 0.1) is 0 Å². The number of hydrogen-bond acceptors (Lipinski definition) is 4. The van der Waals surface area contributed by atoms with Crippen molar-refractivity contribution >= 4 is 18.1 Å². The summed E-state index contributed by atoms with van der Waals surface area (Å²) in [4.78, 5) is 23.9. The van der Waals surface area contributed by atoms with E-state index in [1.54, 1.807) is 6.07 Å². The van der Waals surface area contributed by atoms with Crippen LogP contribution in [0.3, 0.4) is 0 Å². The third kappa shape index (κ3) is 2.37. The molecule has 1 aliphatic heterocycles. The number of likely N-dealkylation sites (tertiary alicyclic amines) is 1. The molecule has 1 fully saturated rings. The molecule has 0 bridgehead atoms. The van der Waals surface area contributed by atoms with Crippen LogP contribution >= 0.6 is 0 Å². The van der Waals surface area contributed by atoms with Crippen LogP contribution < -0.4 is 5.32 Å². The zero-order valence-electron chi connectivity index (χ0n) is 10.8. The number of amides is 2. The average Bonchev–Trinajstić information content (AvgIpc) is 2.64. The topological polar surface area (TPSA) is 75.4 Å². The van der Waals surface area contributed by atoms with Crippen LogP contribution in [0.25, 0.3) is 0 Å². The molecular formula is C12H17N3O3. The van der Waals surface area contributed by atoms with Crippen molar-refractivity contribution in [2.75, 3.05) is 11.9 Å². The van der Waals surface area contributed by atoms with E-state index in [1.807, 2.05) is 20.8 Å². The molecule has 0 aliphatic carbocycles. The Kier molecular flexibility index (Phi) is 3.11. The van der Waals surface area contributed by atoms with Crippen LogP contribution in [0.1, 0.15) is 33.0 Å². The molecule has 2 rings (SSSR count). The highest BCUT2D eigenvalue weighted by molar-refractivity contribution is 5.95. The molecule has 98 valence electrons. The largest absolute Gasteiger partial charge is 0.359 e. The second-order valence-electron chi connectivity index (χ2n) is 5.46. The summed E-state index contributed by atoms with van der Waals surface area (Å²) in [7, 11) is 0. The van der Waals surface area contributed by atoms with Gasteiger partial charge in [0.25, 0.3) is 0 Å². The van der Waals surface area contributed by atoms with Gasteiger partial charge in [0, 0.05) is 18.0 Å². The van der Waals surface area contributed by atoms with Gasteiger partial charge in [-0.15, -0.1) is 0 Å². The molecule has 1 N–H and O–H groups in total. The number of anilines is 1. The SMILES string of the molecule is CC(C)(C)c1cc(NC(=O)C2CCN2C=O)no1. The first kappa shape index (κ1) is 12.6. The van der Waals surface area contributed by atoms with Crippen molar-refractivity contribution in [1.82, 2.24) is 10.1 Å². The normalized spacial score (nSPS) is 19.3. The van der Waals surface area contributed by atoms with Crippen molar-refractivity contribution in [3.8, 4) is 0 Å². The van der Waals surface area contributed by atoms with Gasteiger partial charge in [0.2, 0.25) is 12.3 Å². The molecule has 1 aromatic rings. The minimum absolute atomic E-state index is 0.152. The summed E-state index contributed by atoms with van der Waals surface area (Å²) in [6, 6.07) is 1.33. The zero-order valence-corrected chi connectivity index (χ0v) is 10.8. The molecular weight excluding hydrogens is 234 g/mol. The lowest BCUT2D eigenvalue weighted by Crippen LogP contribution is -2.53. The molecule has 1 saturated heterocycles. The first-order chi connectivity index (χ1) is 8.41. The quantitative estimate of drug-likeness (QED) is 0.817. The number of carbonyl (C=O) groups excluding carboxylic acids is 2. The maximum atomic E-state index is 11.8. The summed E-state index contributed by atoms with van der Waals surface area (Å²) in [5.74, 6) is 0.878. The van der Waals surface area contributed by atoms with Crippen LogP contribution in [0.15, 0.2) is 10.6 Å². The molecule has 0 saturated carbocycles. The van der Waals surface area contributed by atoms with Gasteiger partial charge in [0.15, 0.2) is 5.82 Å². The first-order valence-electron chi connectivity index (χ1n) is 5.91. The highest BCUT2D eigenvalue weighted by Gasteiger charge is 2.33. The highest BCUT2D eigenvalue weighted by Crippen LogP contribution is 2.25. The third-order valence-corrected chi connectivity index (χ3v) is 3.00. The fourth-order valence-corrected chi connectivity index (χ4v) is 1.71. The van der Waals surface area contributed by atoms with Gasteiger partial charge in [-0.1, -0.05) is 25.9 Å². The van der Waals surface area contributed by atoms with E-state index in [0.717, 1.165) is 0 Å². The first-order valence-corrected chi connectivity index (χ1v) is 5.91. The van der Waals surface area contributed by atoms with Crippen molar-refractivity contribution in [1.29, 1.82) is 0 Å². The third-order valence-electron chi connectivity index (χ3n) is 3.00. The maximum Gasteiger partial charge on any atom is 0.248 e. The smallest absolute Gasteiger partial charge is 0.248 e. The second kappa shape index (κ2) is 4.44. The van der Waals surface area contributed by atoms with E-state index in [9.17, 15) is 9.59 Å². The maximum absolute atomic E-state index is 11.8. The van der Waals surface area contributed by atoms with E-state index in [4.69, 9.17) is 4.52 Å². The van der Waals surface area contributed by atoms with Gasteiger partial charge in [-0.05, 0) is 6.42 Å². The molecule has 6 heteroatoms. The van der Waals surface area contributed by atoms with Gasteiger partial charge in [-0.25, -0.2) is 0 Å². The number of rotatable bonds is 3. The van der Waals surface area contributed by atoms with E-state index in [-0.39, 0.29) is 17.4 Å². The van der Waals surface area contributed by atoms with Gasteiger partial charge in [0.1, 0.15) is 11.8 Å². The van der Waals surface area contributed by atoms with Crippen LogP contribution in [0.5, 0.6) is 0 Å². The molecule has 18 heavy (non-hydrogen) atoms. The minimum atomic E-state index is -0.378. The van der Waals surface area contributed by atoms with Gasteiger partial charge in [-0.2, -0.15) is 0 Å². The molecule has 0 aromatic carbocycles. The summed E-state index contributed by atoms with van der Waals surface area (Å²) in [5, 5.41) is 6.46. The van der Waals surface area contributed by atoms with Crippen molar-refractivity contribution in [3.05, 3.63) is 11.8 Å². The fraction of sp³-hybridized carbons (Fsp3) is 0.583. The predicted octanol–water partition coefficient (Wildman–Crippen LogP) is 1.14. The molecule has 1 unspecified atom stereocenters. The summed E-state index contributed by atoms with van der Waals surface area (Å²) in [5.41, 5.74) is -0.152. The van der Waals surface area contributed by atoms with E-state index in [1.165, 1.54) is 4.90 Å². The molecule has 2 amide bonds.